The first-order valence-corrected chi connectivity index (χ1v) is 7.30. The first-order chi connectivity index (χ1) is 8.84. The molecule has 0 aromatic heterocycles. The summed E-state index contributed by atoms with van der Waals surface area (Å²) in [5, 5.41) is 9.31. The highest BCUT2D eigenvalue weighted by Crippen LogP contribution is 2.28. The summed E-state index contributed by atoms with van der Waals surface area (Å²) < 4.78 is 0. The molecule has 0 spiro atoms. The molecule has 1 saturated carbocycles. The maximum atomic E-state index is 9.31. The van der Waals surface area contributed by atoms with Crippen molar-refractivity contribution in [1.82, 2.24) is 4.90 Å². The van der Waals surface area contributed by atoms with Crippen LogP contribution in [0.2, 0.25) is 0 Å². The van der Waals surface area contributed by atoms with Crippen LogP contribution in [-0.4, -0.2) is 29.7 Å². The lowest BCUT2D eigenvalue weighted by Gasteiger charge is -2.34. The van der Waals surface area contributed by atoms with Gasteiger partial charge in [0.1, 0.15) is 0 Å². The molecule has 1 N–H and O–H groups in total. The number of hydrogen-bond donors (Lipinski definition) is 1. The Morgan fingerprint density at radius 2 is 1.74 bits per heavy atom. The van der Waals surface area contributed by atoms with Gasteiger partial charge in [-0.2, -0.15) is 0 Å². The first kappa shape index (κ1) is 14.5. The molecule has 1 fully saturated rings. The Morgan fingerprint density at radius 3 is 2.21 bits per heavy atom. The molecule has 106 valence electrons. The zero-order valence-corrected chi connectivity index (χ0v) is 12.7. The highest BCUT2D eigenvalue weighted by atomic mass is 16.3. The SMILES string of the molecule is CN(Cc1ccc(C(C)(C)C)cc1)CC1CC(O)C1. The maximum Gasteiger partial charge on any atom is 0.0546 e. The van der Waals surface area contributed by atoms with E-state index in [9.17, 15) is 5.11 Å². The Balaban J connectivity index is 1.85. The molecule has 0 unspecified atom stereocenters. The lowest BCUT2D eigenvalue weighted by Crippen LogP contribution is -2.36. The van der Waals surface area contributed by atoms with Gasteiger partial charge in [0.25, 0.3) is 0 Å². The van der Waals surface area contributed by atoms with E-state index in [1.807, 2.05) is 0 Å². The van der Waals surface area contributed by atoms with Crippen molar-refractivity contribution in [3.05, 3.63) is 35.4 Å². The second-order valence-corrected chi connectivity index (χ2v) is 7.13. The van der Waals surface area contributed by atoms with Crippen molar-refractivity contribution in [2.75, 3.05) is 13.6 Å². The van der Waals surface area contributed by atoms with Gasteiger partial charge in [0.2, 0.25) is 0 Å². The third-order valence-corrected chi connectivity index (χ3v) is 4.05. The van der Waals surface area contributed by atoms with Crippen LogP contribution < -0.4 is 0 Å². The summed E-state index contributed by atoms with van der Waals surface area (Å²) in [5.41, 5.74) is 2.99. The van der Waals surface area contributed by atoms with E-state index in [0.29, 0.717) is 5.92 Å². The molecule has 1 aliphatic rings. The van der Waals surface area contributed by atoms with Gasteiger partial charge < -0.3 is 10.0 Å². The summed E-state index contributed by atoms with van der Waals surface area (Å²) in [6.07, 6.45) is 1.92. The average molecular weight is 261 g/mol. The number of aliphatic hydroxyl groups is 1. The molecule has 0 bridgehead atoms. The second-order valence-electron chi connectivity index (χ2n) is 7.13. The summed E-state index contributed by atoms with van der Waals surface area (Å²) in [7, 11) is 2.17. The summed E-state index contributed by atoms with van der Waals surface area (Å²) in [5.74, 6) is 0.689. The lowest BCUT2D eigenvalue weighted by atomic mass is 9.82. The fourth-order valence-corrected chi connectivity index (χ4v) is 2.78. The minimum atomic E-state index is -0.0375. The van der Waals surface area contributed by atoms with E-state index in [2.05, 4.69) is 57.0 Å². The Morgan fingerprint density at radius 1 is 1.16 bits per heavy atom. The zero-order chi connectivity index (χ0) is 14.0. The minimum absolute atomic E-state index is 0.0375. The zero-order valence-electron chi connectivity index (χ0n) is 12.7. The van der Waals surface area contributed by atoms with Crippen LogP contribution in [0.25, 0.3) is 0 Å². The largest absolute Gasteiger partial charge is 0.393 e. The molecule has 1 aromatic carbocycles. The van der Waals surface area contributed by atoms with Crippen molar-refractivity contribution in [2.24, 2.45) is 5.92 Å². The molecule has 1 aliphatic carbocycles. The molecule has 0 aliphatic heterocycles. The van der Waals surface area contributed by atoms with Gasteiger partial charge in [0.15, 0.2) is 0 Å². The first-order valence-electron chi connectivity index (χ1n) is 7.30. The van der Waals surface area contributed by atoms with Crippen LogP contribution in [0.5, 0.6) is 0 Å². The predicted octanol–water partition coefficient (Wildman–Crippen LogP) is 3.19. The second kappa shape index (κ2) is 5.64. The van der Waals surface area contributed by atoms with Gasteiger partial charge in [0.05, 0.1) is 6.10 Å². The summed E-state index contributed by atoms with van der Waals surface area (Å²) >= 11 is 0. The minimum Gasteiger partial charge on any atom is -0.393 e. The molecule has 0 amide bonds. The normalized spacial score (nSPS) is 23.5. The number of benzene rings is 1. The van der Waals surface area contributed by atoms with Gasteiger partial charge in [-0.05, 0) is 42.3 Å². The molecule has 2 nitrogen and oxygen atoms in total. The Kier molecular flexibility index (Phi) is 4.32. The summed E-state index contributed by atoms with van der Waals surface area (Å²) in [6.45, 7) is 8.83. The van der Waals surface area contributed by atoms with Crippen LogP contribution in [-0.2, 0) is 12.0 Å². The monoisotopic (exact) mass is 261 g/mol. The van der Waals surface area contributed by atoms with Crippen LogP contribution in [0.15, 0.2) is 24.3 Å². The van der Waals surface area contributed by atoms with E-state index < -0.39 is 0 Å². The van der Waals surface area contributed by atoms with Crippen LogP contribution >= 0.6 is 0 Å². The predicted molar refractivity (Wildman–Crippen MR) is 80.2 cm³/mol. The van der Waals surface area contributed by atoms with Crippen molar-refractivity contribution >= 4 is 0 Å². The van der Waals surface area contributed by atoms with Gasteiger partial charge >= 0.3 is 0 Å². The fraction of sp³-hybridized carbons (Fsp3) is 0.647. The number of aliphatic hydroxyl groups excluding tert-OH is 1. The van der Waals surface area contributed by atoms with Crippen molar-refractivity contribution in [3.63, 3.8) is 0 Å². The molecule has 2 heteroatoms. The molecule has 2 rings (SSSR count). The van der Waals surface area contributed by atoms with E-state index in [4.69, 9.17) is 0 Å². The van der Waals surface area contributed by atoms with Crippen LogP contribution in [0.1, 0.15) is 44.7 Å². The molecule has 0 saturated heterocycles. The topological polar surface area (TPSA) is 23.5 Å². The standard InChI is InChI=1S/C17H27NO/c1-17(2,3)15-7-5-13(6-8-15)11-18(4)12-14-9-16(19)10-14/h5-8,14,16,19H,9-12H2,1-4H3. The molecule has 0 atom stereocenters. The third-order valence-electron chi connectivity index (χ3n) is 4.05. The smallest absolute Gasteiger partial charge is 0.0546 e. The lowest BCUT2D eigenvalue weighted by molar-refractivity contribution is 0.0274. The Hall–Kier alpha value is -0.860. The van der Waals surface area contributed by atoms with Gasteiger partial charge in [-0.15, -0.1) is 0 Å². The van der Waals surface area contributed by atoms with E-state index in [0.717, 1.165) is 25.9 Å². The number of hydrogen-bond acceptors (Lipinski definition) is 2. The van der Waals surface area contributed by atoms with E-state index >= 15 is 0 Å². The van der Waals surface area contributed by atoms with Crippen molar-refractivity contribution < 1.29 is 5.11 Å². The van der Waals surface area contributed by atoms with Crippen molar-refractivity contribution in [1.29, 1.82) is 0 Å². The van der Waals surface area contributed by atoms with E-state index in [1.165, 1.54) is 11.1 Å². The van der Waals surface area contributed by atoms with E-state index in [-0.39, 0.29) is 11.5 Å². The fourth-order valence-electron chi connectivity index (χ4n) is 2.78. The number of nitrogens with zero attached hydrogens (tertiary/aromatic N) is 1. The highest BCUT2D eigenvalue weighted by molar-refractivity contribution is 5.27. The molecule has 0 heterocycles. The maximum absolute atomic E-state index is 9.31. The van der Waals surface area contributed by atoms with Crippen molar-refractivity contribution in [2.45, 2.75) is 51.7 Å². The van der Waals surface area contributed by atoms with E-state index in [1.54, 1.807) is 0 Å². The van der Waals surface area contributed by atoms with Crippen LogP contribution in [0.3, 0.4) is 0 Å². The third kappa shape index (κ3) is 4.05. The Labute approximate surface area is 117 Å². The molecule has 19 heavy (non-hydrogen) atoms. The number of rotatable bonds is 4. The molecular weight excluding hydrogens is 234 g/mol. The van der Waals surface area contributed by atoms with Gasteiger partial charge in [0, 0.05) is 13.1 Å². The molecule has 1 aromatic rings. The van der Waals surface area contributed by atoms with Gasteiger partial charge in [-0.3, -0.25) is 0 Å². The van der Waals surface area contributed by atoms with Gasteiger partial charge in [-0.1, -0.05) is 45.0 Å². The average Bonchev–Trinajstić information content (AvgIpc) is 2.26. The van der Waals surface area contributed by atoms with Crippen LogP contribution in [0.4, 0.5) is 0 Å². The highest BCUT2D eigenvalue weighted by Gasteiger charge is 2.27. The molecule has 0 radical (unpaired) electrons. The molecular formula is C17H27NO. The Bertz CT molecular complexity index is 398. The quantitative estimate of drug-likeness (QED) is 0.900. The summed E-state index contributed by atoms with van der Waals surface area (Å²) in [6, 6.07) is 8.98. The van der Waals surface area contributed by atoms with Crippen molar-refractivity contribution in [3.8, 4) is 0 Å². The van der Waals surface area contributed by atoms with Gasteiger partial charge in [-0.25, -0.2) is 0 Å². The summed E-state index contributed by atoms with van der Waals surface area (Å²) in [4.78, 5) is 2.36. The van der Waals surface area contributed by atoms with Crippen LogP contribution in [0, 0.1) is 5.92 Å².